The van der Waals surface area contributed by atoms with E-state index in [1.807, 2.05) is 31.2 Å². The molecule has 0 fully saturated rings. The van der Waals surface area contributed by atoms with Crippen LogP contribution in [0.5, 0.6) is 0 Å². The lowest BCUT2D eigenvalue weighted by Gasteiger charge is -2.19. The number of aliphatic carboxylic acids is 1. The first-order valence-electron chi connectivity index (χ1n) is 5.74. The van der Waals surface area contributed by atoms with E-state index in [9.17, 15) is 9.90 Å². The molecular formula is C14H15NO3. The molecule has 2 N–H and O–H groups in total. The molecule has 2 aromatic rings. The molecule has 0 amide bonds. The monoisotopic (exact) mass is 245 g/mol. The van der Waals surface area contributed by atoms with Gasteiger partial charge < -0.3 is 9.52 Å². The third kappa shape index (κ3) is 2.78. The first-order valence-corrected chi connectivity index (χ1v) is 5.74. The van der Waals surface area contributed by atoms with Crippen molar-refractivity contribution in [2.45, 2.75) is 19.0 Å². The van der Waals surface area contributed by atoms with Crippen LogP contribution in [0.2, 0.25) is 0 Å². The lowest BCUT2D eigenvalue weighted by atomic mass is 10.0. The molecule has 0 aliphatic heterocycles. The molecule has 1 aromatic heterocycles. The topological polar surface area (TPSA) is 62.5 Å². The molecule has 2 unspecified atom stereocenters. The number of rotatable bonds is 5. The van der Waals surface area contributed by atoms with Crippen molar-refractivity contribution in [3.63, 3.8) is 0 Å². The Morgan fingerprint density at radius 2 is 1.94 bits per heavy atom. The summed E-state index contributed by atoms with van der Waals surface area (Å²) in [5.74, 6) is -0.892. The summed E-state index contributed by atoms with van der Waals surface area (Å²) in [4.78, 5) is 11.3. The second-order valence-electron chi connectivity index (χ2n) is 4.13. The summed E-state index contributed by atoms with van der Waals surface area (Å²) < 4.78 is 5.00. The first kappa shape index (κ1) is 12.4. The number of benzene rings is 1. The normalized spacial score (nSPS) is 14.1. The zero-order valence-electron chi connectivity index (χ0n) is 10.0. The summed E-state index contributed by atoms with van der Waals surface area (Å²) >= 11 is 0. The molecule has 18 heavy (non-hydrogen) atoms. The van der Waals surface area contributed by atoms with Crippen molar-refractivity contribution in [2.24, 2.45) is 0 Å². The molecule has 0 saturated carbocycles. The van der Waals surface area contributed by atoms with E-state index in [4.69, 9.17) is 4.42 Å². The van der Waals surface area contributed by atoms with Crippen molar-refractivity contribution >= 4 is 5.97 Å². The summed E-state index contributed by atoms with van der Waals surface area (Å²) in [6.07, 6.45) is 3.19. The molecule has 0 radical (unpaired) electrons. The van der Waals surface area contributed by atoms with Crippen LogP contribution in [0.3, 0.4) is 0 Å². The quantitative estimate of drug-likeness (QED) is 0.850. The van der Waals surface area contributed by atoms with Gasteiger partial charge in [-0.3, -0.25) is 10.1 Å². The van der Waals surface area contributed by atoms with E-state index in [1.54, 1.807) is 24.7 Å². The van der Waals surface area contributed by atoms with Gasteiger partial charge in [0.15, 0.2) is 0 Å². The van der Waals surface area contributed by atoms with E-state index in [-0.39, 0.29) is 6.04 Å². The SMILES string of the molecule is CC(NC(C(=O)O)c1ccccc1)c1ccoc1. The predicted molar refractivity (Wildman–Crippen MR) is 67.1 cm³/mol. The molecule has 2 atom stereocenters. The third-order valence-corrected chi connectivity index (χ3v) is 2.84. The highest BCUT2D eigenvalue weighted by atomic mass is 16.4. The number of carbonyl (C=O) groups is 1. The first-order chi connectivity index (χ1) is 8.68. The number of furan rings is 1. The molecule has 4 heteroatoms. The Hall–Kier alpha value is -2.07. The van der Waals surface area contributed by atoms with Gasteiger partial charge in [-0.2, -0.15) is 0 Å². The predicted octanol–water partition coefficient (Wildman–Crippen LogP) is 2.76. The highest BCUT2D eigenvalue weighted by Crippen LogP contribution is 2.20. The minimum atomic E-state index is -0.892. The summed E-state index contributed by atoms with van der Waals surface area (Å²) in [7, 11) is 0. The highest BCUT2D eigenvalue weighted by molar-refractivity contribution is 5.75. The van der Waals surface area contributed by atoms with Gasteiger partial charge in [0, 0.05) is 11.6 Å². The van der Waals surface area contributed by atoms with Gasteiger partial charge in [-0.25, -0.2) is 0 Å². The molecule has 0 bridgehead atoms. The third-order valence-electron chi connectivity index (χ3n) is 2.84. The summed E-state index contributed by atoms with van der Waals surface area (Å²) in [6.45, 7) is 1.91. The molecule has 0 aliphatic rings. The molecule has 1 aromatic carbocycles. The second-order valence-corrected chi connectivity index (χ2v) is 4.13. The van der Waals surface area contributed by atoms with Crippen molar-refractivity contribution in [2.75, 3.05) is 0 Å². The largest absolute Gasteiger partial charge is 0.480 e. The van der Waals surface area contributed by atoms with Crippen LogP contribution in [0, 0.1) is 0 Å². The molecule has 1 heterocycles. The van der Waals surface area contributed by atoms with Crippen LogP contribution in [0.25, 0.3) is 0 Å². The number of carboxylic acids is 1. The number of hydrogen-bond acceptors (Lipinski definition) is 3. The molecule has 4 nitrogen and oxygen atoms in total. The van der Waals surface area contributed by atoms with Crippen molar-refractivity contribution in [1.29, 1.82) is 0 Å². The Kier molecular flexibility index (Phi) is 3.79. The number of nitrogens with one attached hydrogen (secondary N) is 1. The van der Waals surface area contributed by atoms with Crippen LogP contribution < -0.4 is 5.32 Å². The van der Waals surface area contributed by atoms with E-state index < -0.39 is 12.0 Å². The van der Waals surface area contributed by atoms with Gasteiger partial charge in [0.2, 0.25) is 0 Å². The van der Waals surface area contributed by atoms with Crippen LogP contribution in [-0.4, -0.2) is 11.1 Å². The maximum atomic E-state index is 11.3. The van der Waals surface area contributed by atoms with Crippen LogP contribution in [-0.2, 0) is 4.79 Å². The smallest absolute Gasteiger partial charge is 0.325 e. The average molecular weight is 245 g/mol. The average Bonchev–Trinajstić information content (AvgIpc) is 2.90. The molecule has 0 saturated heterocycles. The molecule has 94 valence electrons. The van der Waals surface area contributed by atoms with Gasteiger partial charge in [-0.1, -0.05) is 30.3 Å². The van der Waals surface area contributed by atoms with E-state index in [2.05, 4.69) is 5.32 Å². The van der Waals surface area contributed by atoms with Crippen molar-refractivity contribution < 1.29 is 14.3 Å². The second kappa shape index (κ2) is 5.51. The minimum absolute atomic E-state index is 0.0925. The zero-order valence-corrected chi connectivity index (χ0v) is 10.0. The Morgan fingerprint density at radius 3 is 2.50 bits per heavy atom. The van der Waals surface area contributed by atoms with E-state index in [0.29, 0.717) is 0 Å². The summed E-state index contributed by atoms with van der Waals surface area (Å²) in [5, 5.41) is 12.4. The van der Waals surface area contributed by atoms with Gasteiger partial charge >= 0.3 is 5.97 Å². The molecule has 0 spiro atoms. The lowest BCUT2D eigenvalue weighted by Crippen LogP contribution is -2.30. The number of carboxylic acid groups (broad SMARTS) is 1. The molecule has 2 rings (SSSR count). The van der Waals surface area contributed by atoms with Crippen LogP contribution in [0.4, 0.5) is 0 Å². The van der Waals surface area contributed by atoms with Gasteiger partial charge in [-0.05, 0) is 18.6 Å². The maximum absolute atomic E-state index is 11.3. The van der Waals surface area contributed by atoms with Gasteiger partial charge in [-0.15, -0.1) is 0 Å². The van der Waals surface area contributed by atoms with Crippen molar-refractivity contribution in [1.82, 2.24) is 5.32 Å². The van der Waals surface area contributed by atoms with Crippen LogP contribution in [0.1, 0.15) is 30.1 Å². The van der Waals surface area contributed by atoms with Gasteiger partial charge in [0.1, 0.15) is 6.04 Å². The van der Waals surface area contributed by atoms with Crippen LogP contribution >= 0.6 is 0 Å². The number of hydrogen-bond donors (Lipinski definition) is 2. The zero-order chi connectivity index (χ0) is 13.0. The van der Waals surface area contributed by atoms with Gasteiger partial charge in [0.05, 0.1) is 12.5 Å². The Labute approximate surface area is 105 Å². The van der Waals surface area contributed by atoms with E-state index in [0.717, 1.165) is 11.1 Å². The highest BCUT2D eigenvalue weighted by Gasteiger charge is 2.22. The van der Waals surface area contributed by atoms with E-state index in [1.165, 1.54) is 0 Å². The molecule has 0 aliphatic carbocycles. The fourth-order valence-corrected chi connectivity index (χ4v) is 1.82. The van der Waals surface area contributed by atoms with Crippen molar-refractivity contribution in [3.05, 3.63) is 60.1 Å². The van der Waals surface area contributed by atoms with Gasteiger partial charge in [0.25, 0.3) is 0 Å². The Morgan fingerprint density at radius 1 is 1.22 bits per heavy atom. The van der Waals surface area contributed by atoms with Crippen LogP contribution in [0.15, 0.2) is 53.3 Å². The van der Waals surface area contributed by atoms with Crippen molar-refractivity contribution in [3.8, 4) is 0 Å². The fraction of sp³-hybridized carbons (Fsp3) is 0.214. The Bertz CT molecular complexity index is 493. The maximum Gasteiger partial charge on any atom is 0.325 e. The molecular weight excluding hydrogens is 230 g/mol. The Balaban J connectivity index is 2.15. The lowest BCUT2D eigenvalue weighted by molar-refractivity contribution is -0.139. The summed E-state index contributed by atoms with van der Waals surface area (Å²) in [6, 6.07) is 10.1. The summed E-state index contributed by atoms with van der Waals surface area (Å²) in [5.41, 5.74) is 1.66. The van der Waals surface area contributed by atoms with E-state index >= 15 is 0 Å². The standard InChI is InChI=1S/C14H15NO3/c1-10(12-7-8-18-9-12)15-13(14(16)17)11-5-3-2-4-6-11/h2-10,13,15H,1H3,(H,16,17). The minimum Gasteiger partial charge on any atom is -0.480 e. The fourth-order valence-electron chi connectivity index (χ4n) is 1.82.